The van der Waals surface area contributed by atoms with Crippen LogP contribution in [0.1, 0.15) is 53.4 Å². The highest BCUT2D eigenvalue weighted by Gasteiger charge is 2.16. The van der Waals surface area contributed by atoms with Gasteiger partial charge in [-0.25, -0.2) is 0 Å². The Hall–Kier alpha value is -0.610. The first-order valence-electron chi connectivity index (χ1n) is 7.83. The topological polar surface area (TPSA) is 58.4 Å². The fourth-order valence-corrected chi connectivity index (χ4v) is 2.27. The number of primary amides is 1. The van der Waals surface area contributed by atoms with Crippen molar-refractivity contribution in [1.82, 2.24) is 10.2 Å². The minimum absolute atomic E-state index is 0.185. The molecule has 0 heterocycles. The van der Waals surface area contributed by atoms with Crippen molar-refractivity contribution in [3.05, 3.63) is 0 Å². The number of amides is 1. The molecule has 0 aliphatic rings. The molecule has 0 saturated carbocycles. The van der Waals surface area contributed by atoms with Crippen molar-refractivity contribution in [2.45, 2.75) is 59.4 Å². The molecule has 0 rings (SSSR count). The molecule has 0 fully saturated rings. The fourth-order valence-electron chi connectivity index (χ4n) is 2.27. The van der Waals surface area contributed by atoms with Gasteiger partial charge in [-0.1, -0.05) is 40.5 Å². The molecule has 0 radical (unpaired) electrons. The zero-order valence-corrected chi connectivity index (χ0v) is 13.2. The predicted octanol–water partition coefficient (Wildman–Crippen LogP) is 1.99. The van der Waals surface area contributed by atoms with Gasteiger partial charge in [0.05, 0.1) is 6.04 Å². The molecule has 19 heavy (non-hydrogen) atoms. The minimum atomic E-state index is -0.230. The maximum Gasteiger partial charge on any atom is 0.234 e. The SMILES string of the molecule is CCCNC(CCN(CC)CC(CC)CC)C(N)=O. The van der Waals surface area contributed by atoms with Gasteiger partial charge in [0, 0.05) is 13.1 Å². The molecule has 0 aliphatic heterocycles. The lowest BCUT2D eigenvalue weighted by Gasteiger charge is -2.26. The summed E-state index contributed by atoms with van der Waals surface area (Å²) >= 11 is 0. The predicted molar refractivity (Wildman–Crippen MR) is 82.1 cm³/mol. The summed E-state index contributed by atoms with van der Waals surface area (Å²) in [4.78, 5) is 13.8. The van der Waals surface area contributed by atoms with E-state index in [9.17, 15) is 4.79 Å². The second-order valence-electron chi connectivity index (χ2n) is 5.27. The Bertz CT molecular complexity index is 229. The second kappa shape index (κ2) is 11.2. The first-order chi connectivity index (χ1) is 9.08. The summed E-state index contributed by atoms with van der Waals surface area (Å²) in [6, 6.07) is -0.185. The van der Waals surface area contributed by atoms with Gasteiger partial charge in [-0.15, -0.1) is 0 Å². The van der Waals surface area contributed by atoms with Crippen molar-refractivity contribution in [1.29, 1.82) is 0 Å². The average molecular weight is 271 g/mol. The number of carbonyl (C=O) groups excluding carboxylic acids is 1. The monoisotopic (exact) mass is 271 g/mol. The van der Waals surface area contributed by atoms with E-state index in [0.717, 1.165) is 44.9 Å². The number of nitrogens with one attached hydrogen (secondary N) is 1. The lowest BCUT2D eigenvalue weighted by molar-refractivity contribution is -0.120. The maximum absolute atomic E-state index is 11.4. The molecular formula is C15H33N3O. The van der Waals surface area contributed by atoms with Gasteiger partial charge in [-0.3, -0.25) is 4.79 Å². The zero-order chi connectivity index (χ0) is 14.7. The van der Waals surface area contributed by atoms with E-state index in [-0.39, 0.29) is 11.9 Å². The Morgan fingerprint density at radius 3 is 2.26 bits per heavy atom. The van der Waals surface area contributed by atoms with Crippen LogP contribution in [-0.4, -0.2) is 43.0 Å². The molecule has 0 aromatic rings. The van der Waals surface area contributed by atoms with E-state index in [1.54, 1.807) is 0 Å². The number of rotatable bonds is 12. The standard InChI is InChI=1S/C15H33N3O/c1-5-10-17-14(15(16)19)9-11-18(8-4)12-13(6-2)7-3/h13-14,17H,5-12H2,1-4H3,(H2,16,19). The van der Waals surface area contributed by atoms with Crippen LogP contribution in [0, 0.1) is 5.92 Å². The molecule has 1 unspecified atom stereocenters. The number of hydrogen-bond acceptors (Lipinski definition) is 3. The molecule has 4 nitrogen and oxygen atoms in total. The first kappa shape index (κ1) is 18.4. The maximum atomic E-state index is 11.4. The van der Waals surface area contributed by atoms with E-state index in [2.05, 4.69) is 37.9 Å². The third kappa shape index (κ3) is 8.22. The van der Waals surface area contributed by atoms with Crippen LogP contribution in [0.4, 0.5) is 0 Å². The third-order valence-corrected chi connectivity index (χ3v) is 3.84. The van der Waals surface area contributed by atoms with Gasteiger partial charge in [0.15, 0.2) is 0 Å². The Labute approximate surface area is 119 Å². The van der Waals surface area contributed by atoms with E-state index in [0.29, 0.717) is 0 Å². The van der Waals surface area contributed by atoms with E-state index in [4.69, 9.17) is 5.73 Å². The number of hydrogen-bond donors (Lipinski definition) is 2. The Morgan fingerprint density at radius 2 is 1.84 bits per heavy atom. The highest BCUT2D eigenvalue weighted by atomic mass is 16.1. The van der Waals surface area contributed by atoms with Crippen LogP contribution in [-0.2, 0) is 4.79 Å². The highest BCUT2D eigenvalue weighted by Crippen LogP contribution is 2.10. The van der Waals surface area contributed by atoms with E-state index < -0.39 is 0 Å². The van der Waals surface area contributed by atoms with Crippen molar-refractivity contribution in [3.8, 4) is 0 Å². The summed E-state index contributed by atoms with van der Waals surface area (Å²) in [7, 11) is 0. The molecule has 0 saturated heterocycles. The summed E-state index contributed by atoms with van der Waals surface area (Å²) in [6.07, 6.45) is 4.28. The van der Waals surface area contributed by atoms with Crippen LogP contribution < -0.4 is 11.1 Å². The van der Waals surface area contributed by atoms with Crippen molar-refractivity contribution >= 4 is 5.91 Å². The Balaban J connectivity index is 4.17. The van der Waals surface area contributed by atoms with Gasteiger partial charge in [-0.05, 0) is 31.8 Å². The minimum Gasteiger partial charge on any atom is -0.368 e. The highest BCUT2D eigenvalue weighted by molar-refractivity contribution is 5.79. The molecule has 0 aromatic carbocycles. The largest absolute Gasteiger partial charge is 0.368 e. The molecule has 0 spiro atoms. The number of nitrogens with zero attached hydrogens (tertiary/aromatic N) is 1. The molecule has 0 aliphatic carbocycles. The summed E-state index contributed by atoms with van der Waals surface area (Å²) in [5.41, 5.74) is 5.44. The normalized spacial score (nSPS) is 13.2. The number of nitrogens with two attached hydrogens (primary N) is 1. The van der Waals surface area contributed by atoms with Crippen LogP contribution in [0.25, 0.3) is 0 Å². The van der Waals surface area contributed by atoms with Crippen LogP contribution in [0.5, 0.6) is 0 Å². The Morgan fingerprint density at radius 1 is 1.21 bits per heavy atom. The number of carbonyl (C=O) groups is 1. The molecule has 4 heteroatoms. The van der Waals surface area contributed by atoms with Gasteiger partial charge in [-0.2, -0.15) is 0 Å². The summed E-state index contributed by atoms with van der Waals surface area (Å²) < 4.78 is 0. The quantitative estimate of drug-likeness (QED) is 0.571. The lowest BCUT2D eigenvalue weighted by atomic mass is 10.0. The fraction of sp³-hybridized carbons (Fsp3) is 0.933. The average Bonchev–Trinajstić information content (AvgIpc) is 2.41. The van der Waals surface area contributed by atoms with Crippen molar-refractivity contribution in [2.24, 2.45) is 11.7 Å². The van der Waals surface area contributed by atoms with E-state index in [1.807, 2.05) is 0 Å². The van der Waals surface area contributed by atoms with Crippen LogP contribution in [0.15, 0.2) is 0 Å². The summed E-state index contributed by atoms with van der Waals surface area (Å²) in [6.45, 7) is 12.7. The van der Waals surface area contributed by atoms with Gasteiger partial charge in [0.25, 0.3) is 0 Å². The third-order valence-electron chi connectivity index (χ3n) is 3.84. The van der Waals surface area contributed by atoms with Crippen molar-refractivity contribution in [2.75, 3.05) is 26.2 Å². The van der Waals surface area contributed by atoms with E-state index >= 15 is 0 Å². The molecule has 3 N–H and O–H groups in total. The van der Waals surface area contributed by atoms with E-state index in [1.165, 1.54) is 12.8 Å². The van der Waals surface area contributed by atoms with Gasteiger partial charge >= 0.3 is 0 Å². The summed E-state index contributed by atoms with van der Waals surface area (Å²) in [5.74, 6) is 0.530. The van der Waals surface area contributed by atoms with Crippen molar-refractivity contribution in [3.63, 3.8) is 0 Å². The molecule has 114 valence electrons. The summed E-state index contributed by atoms with van der Waals surface area (Å²) in [5, 5.41) is 3.23. The zero-order valence-electron chi connectivity index (χ0n) is 13.2. The molecule has 0 bridgehead atoms. The van der Waals surface area contributed by atoms with Crippen molar-refractivity contribution < 1.29 is 4.79 Å². The Kier molecular flexibility index (Phi) is 10.9. The van der Waals surface area contributed by atoms with Crippen LogP contribution in [0.3, 0.4) is 0 Å². The molecular weight excluding hydrogens is 238 g/mol. The van der Waals surface area contributed by atoms with Crippen LogP contribution in [0.2, 0.25) is 0 Å². The molecule has 1 atom stereocenters. The van der Waals surface area contributed by atoms with Gasteiger partial charge in [0.2, 0.25) is 5.91 Å². The smallest absolute Gasteiger partial charge is 0.234 e. The van der Waals surface area contributed by atoms with Gasteiger partial charge in [0.1, 0.15) is 0 Å². The molecule has 0 aromatic heterocycles. The first-order valence-corrected chi connectivity index (χ1v) is 7.83. The lowest BCUT2D eigenvalue weighted by Crippen LogP contribution is -2.44. The second-order valence-corrected chi connectivity index (χ2v) is 5.27. The van der Waals surface area contributed by atoms with Gasteiger partial charge < -0.3 is 16.0 Å². The molecule has 1 amide bonds. The van der Waals surface area contributed by atoms with Crippen LogP contribution >= 0.6 is 0 Å².